The molecule has 2 aliphatic rings. The molecule has 0 aromatic carbocycles. The van der Waals surface area contributed by atoms with Crippen LogP contribution in [0.1, 0.15) is 46.0 Å². The van der Waals surface area contributed by atoms with Gasteiger partial charge >= 0.3 is 12.1 Å². The zero-order chi connectivity index (χ0) is 15.8. The second-order valence-electron chi connectivity index (χ2n) is 6.63. The summed E-state index contributed by atoms with van der Waals surface area (Å²) in [7, 11) is 0. The molecule has 21 heavy (non-hydrogen) atoms. The van der Waals surface area contributed by atoms with Crippen LogP contribution in [0.3, 0.4) is 0 Å². The number of aliphatic carboxylic acids is 1. The number of hydrogen-bond acceptors (Lipinski definition) is 3. The van der Waals surface area contributed by atoms with Crippen LogP contribution in [0.25, 0.3) is 0 Å². The summed E-state index contributed by atoms with van der Waals surface area (Å²) in [4.78, 5) is 12.9. The zero-order valence-electron chi connectivity index (χ0n) is 12.4. The normalized spacial score (nSPS) is 23.9. The fraction of sp³-hybridized carbons (Fsp3) is 0.929. The van der Waals surface area contributed by atoms with Crippen LogP contribution in [-0.4, -0.2) is 52.4 Å². The van der Waals surface area contributed by atoms with E-state index in [2.05, 4.69) is 5.32 Å². The van der Waals surface area contributed by atoms with E-state index in [1.54, 1.807) is 13.8 Å². The molecule has 122 valence electrons. The first kappa shape index (κ1) is 16.5. The lowest BCUT2D eigenvalue weighted by molar-refractivity contribution is -0.154. The number of alkyl halides is 3. The van der Waals surface area contributed by atoms with Gasteiger partial charge in [0.2, 0.25) is 0 Å². The summed E-state index contributed by atoms with van der Waals surface area (Å²) in [6, 6.07) is -0.289. The molecule has 2 aliphatic carbocycles. The highest BCUT2D eigenvalue weighted by atomic mass is 19.4. The Labute approximate surface area is 122 Å². The van der Waals surface area contributed by atoms with Gasteiger partial charge in [-0.15, -0.1) is 0 Å². The van der Waals surface area contributed by atoms with Gasteiger partial charge in [-0.05, 0) is 46.0 Å². The van der Waals surface area contributed by atoms with Gasteiger partial charge in [-0.2, -0.15) is 13.2 Å². The molecule has 0 amide bonds. The lowest BCUT2D eigenvalue weighted by atomic mass is 9.92. The van der Waals surface area contributed by atoms with Crippen LogP contribution >= 0.6 is 0 Å². The Morgan fingerprint density at radius 2 is 1.90 bits per heavy atom. The maximum atomic E-state index is 12.7. The lowest BCUT2D eigenvalue weighted by Crippen LogP contribution is -2.55. The average Bonchev–Trinajstić information content (AvgIpc) is 3.18. The van der Waals surface area contributed by atoms with E-state index in [0.29, 0.717) is 0 Å². The first-order chi connectivity index (χ1) is 9.61. The minimum absolute atomic E-state index is 0.0550. The molecule has 2 N–H and O–H groups in total. The molecule has 2 unspecified atom stereocenters. The summed E-state index contributed by atoms with van der Waals surface area (Å²) in [5, 5.41) is 12.5. The molecular formula is C14H23F3N2O2. The van der Waals surface area contributed by atoms with Crippen LogP contribution in [0.2, 0.25) is 0 Å². The molecule has 0 saturated heterocycles. The summed E-state index contributed by atoms with van der Waals surface area (Å²) in [6.07, 6.45) is -0.676. The molecule has 0 aromatic heterocycles. The Kier molecular flexibility index (Phi) is 4.54. The van der Waals surface area contributed by atoms with E-state index in [1.165, 1.54) is 4.90 Å². The molecule has 0 heterocycles. The second kappa shape index (κ2) is 5.76. The smallest absolute Gasteiger partial charge is 0.401 e. The van der Waals surface area contributed by atoms with Crippen LogP contribution in [0.5, 0.6) is 0 Å². The number of carboxylic acid groups (broad SMARTS) is 1. The Hall–Kier alpha value is -0.820. The second-order valence-corrected chi connectivity index (χ2v) is 6.63. The monoisotopic (exact) mass is 308 g/mol. The third-order valence-corrected chi connectivity index (χ3v) is 4.22. The first-order valence-electron chi connectivity index (χ1n) is 7.44. The van der Waals surface area contributed by atoms with Gasteiger partial charge in [-0.3, -0.25) is 15.0 Å². The van der Waals surface area contributed by atoms with Crippen molar-refractivity contribution in [2.75, 3.05) is 6.54 Å². The highest BCUT2D eigenvalue weighted by molar-refractivity contribution is 5.78. The molecule has 0 aromatic rings. The van der Waals surface area contributed by atoms with Gasteiger partial charge in [-0.1, -0.05) is 0 Å². The Morgan fingerprint density at radius 3 is 2.29 bits per heavy atom. The van der Waals surface area contributed by atoms with Crippen molar-refractivity contribution >= 4 is 5.97 Å². The molecule has 0 spiro atoms. The molecule has 2 fully saturated rings. The molecule has 2 saturated carbocycles. The van der Waals surface area contributed by atoms with Crippen molar-refractivity contribution in [3.05, 3.63) is 0 Å². The number of nitrogens with one attached hydrogen (secondary N) is 1. The van der Waals surface area contributed by atoms with E-state index >= 15 is 0 Å². The van der Waals surface area contributed by atoms with Crippen molar-refractivity contribution in [3.8, 4) is 0 Å². The minimum Gasteiger partial charge on any atom is -0.480 e. The van der Waals surface area contributed by atoms with Crippen molar-refractivity contribution < 1.29 is 23.1 Å². The van der Waals surface area contributed by atoms with Crippen molar-refractivity contribution in [2.45, 2.75) is 75.8 Å². The Bertz CT molecular complexity index is 394. The van der Waals surface area contributed by atoms with E-state index in [-0.39, 0.29) is 18.5 Å². The van der Waals surface area contributed by atoms with Gasteiger partial charge < -0.3 is 5.11 Å². The van der Waals surface area contributed by atoms with Crippen molar-refractivity contribution in [1.29, 1.82) is 0 Å². The van der Waals surface area contributed by atoms with Crippen LogP contribution in [0.15, 0.2) is 0 Å². The van der Waals surface area contributed by atoms with Gasteiger partial charge in [-0.25, -0.2) is 0 Å². The molecular weight excluding hydrogens is 285 g/mol. The summed E-state index contributed by atoms with van der Waals surface area (Å²) in [5.74, 6) is -0.996. The van der Waals surface area contributed by atoms with Gasteiger partial charge in [0.15, 0.2) is 0 Å². The largest absolute Gasteiger partial charge is 0.480 e. The lowest BCUT2D eigenvalue weighted by Gasteiger charge is -2.36. The van der Waals surface area contributed by atoms with Gasteiger partial charge in [0, 0.05) is 18.1 Å². The highest BCUT2D eigenvalue weighted by Crippen LogP contribution is 2.34. The molecule has 0 aliphatic heterocycles. The van der Waals surface area contributed by atoms with Gasteiger partial charge in [0.1, 0.15) is 5.54 Å². The van der Waals surface area contributed by atoms with Gasteiger partial charge in [0.05, 0.1) is 6.54 Å². The number of carboxylic acids is 1. The third kappa shape index (κ3) is 4.85. The number of halogens is 3. The zero-order valence-corrected chi connectivity index (χ0v) is 12.4. The maximum absolute atomic E-state index is 12.7. The maximum Gasteiger partial charge on any atom is 0.401 e. The van der Waals surface area contributed by atoms with Crippen LogP contribution in [0, 0.1) is 0 Å². The van der Waals surface area contributed by atoms with Crippen LogP contribution in [-0.2, 0) is 4.79 Å². The Balaban J connectivity index is 2.01. The number of nitrogens with zero attached hydrogens (tertiary/aromatic N) is 1. The van der Waals surface area contributed by atoms with E-state index in [4.69, 9.17) is 0 Å². The SMILES string of the molecule is CC(CC(C)(NC1CC1)C(=O)O)N(CC(F)(F)F)C1CC1. The first-order valence-corrected chi connectivity index (χ1v) is 7.44. The van der Waals surface area contributed by atoms with E-state index in [0.717, 1.165) is 25.7 Å². The fourth-order valence-corrected chi connectivity index (χ4v) is 2.85. The summed E-state index contributed by atoms with van der Waals surface area (Å²) < 4.78 is 38.1. The molecule has 0 radical (unpaired) electrons. The number of rotatable bonds is 8. The summed E-state index contributed by atoms with van der Waals surface area (Å²) in [5.41, 5.74) is -1.17. The summed E-state index contributed by atoms with van der Waals surface area (Å²) >= 11 is 0. The number of hydrogen-bond donors (Lipinski definition) is 2. The van der Waals surface area contributed by atoms with Crippen LogP contribution in [0.4, 0.5) is 13.2 Å². The highest BCUT2D eigenvalue weighted by Gasteiger charge is 2.45. The van der Waals surface area contributed by atoms with E-state index in [9.17, 15) is 23.1 Å². The molecule has 7 heteroatoms. The van der Waals surface area contributed by atoms with Crippen LogP contribution < -0.4 is 5.32 Å². The Morgan fingerprint density at radius 1 is 1.33 bits per heavy atom. The van der Waals surface area contributed by atoms with Crippen molar-refractivity contribution in [2.24, 2.45) is 0 Å². The fourth-order valence-electron chi connectivity index (χ4n) is 2.85. The minimum atomic E-state index is -4.25. The van der Waals surface area contributed by atoms with Gasteiger partial charge in [0.25, 0.3) is 0 Å². The van der Waals surface area contributed by atoms with Crippen molar-refractivity contribution in [3.63, 3.8) is 0 Å². The molecule has 2 atom stereocenters. The van der Waals surface area contributed by atoms with E-state index in [1.807, 2.05) is 0 Å². The third-order valence-electron chi connectivity index (χ3n) is 4.22. The molecule has 2 rings (SSSR count). The summed E-state index contributed by atoms with van der Waals surface area (Å²) in [6.45, 7) is 2.31. The average molecular weight is 308 g/mol. The topological polar surface area (TPSA) is 52.6 Å². The predicted octanol–water partition coefficient (Wildman–Crippen LogP) is 2.39. The number of carbonyl (C=O) groups is 1. The molecule has 0 bridgehead atoms. The molecule has 4 nitrogen and oxygen atoms in total. The predicted molar refractivity (Wildman–Crippen MR) is 72.1 cm³/mol. The van der Waals surface area contributed by atoms with Crippen molar-refractivity contribution in [1.82, 2.24) is 10.2 Å². The quantitative estimate of drug-likeness (QED) is 0.723. The standard InChI is InChI=1S/C14H23F3N2O2/c1-9(19(11-5-6-11)8-14(15,16)17)7-13(2,12(20)21)18-10-3-4-10/h9-11,18H,3-8H2,1-2H3,(H,20,21). The van der Waals surface area contributed by atoms with E-state index < -0.39 is 30.3 Å².